The van der Waals surface area contributed by atoms with E-state index in [4.69, 9.17) is 0 Å². The third-order valence-corrected chi connectivity index (χ3v) is 4.79. The monoisotopic (exact) mass is 321 g/mol. The smallest absolute Gasteiger partial charge is 0.234 e. The van der Waals surface area contributed by atoms with Crippen LogP contribution in [0.1, 0.15) is 117 Å². The molecule has 1 rings (SSSR count). The number of aryl methyl sites for hydroxylation is 1. The second-order valence-electron chi connectivity index (χ2n) is 7.69. The Labute approximate surface area is 145 Å². The van der Waals surface area contributed by atoms with E-state index in [0.717, 1.165) is 0 Å². The lowest BCUT2D eigenvalue weighted by atomic mass is 10.1. The molecule has 23 heavy (non-hydrogen) atoms. The third kappa shape index (κ3) is 7.54. The number of hydrogen-bond acceptors (Lipinski definition) is 0. The molecule has 0 radical (unpaired) electrons. The van der Waals surface area contributed by atoms with Crippen molar-refractivity contribution in [2.24, 2.45) is 0 Å². The lowest BCUT2D eigenvalue weighted by molar-refractivity contribution is -0.705. The Morgan fingerprint density at radius 3 is 1.83 bits per heavy atom. The molecule has 0 aromatic carbocycles. The highest BCUT2D eigenvalue weighted by Gasteiger charge is 2.21. The van der Waals surface area contributed by atoms with Crippen LogP contribution in [0.3, 0.4) is 0 Å². The van der Waals surface area contributed by atoms with Crippen LogP contribution >= 0.6 is 0 Å². The average Bonchev–Trinajstić information content (AvgIpc) is 2.93. The first-order valence-corrected chi connectivity index (χ1v) is 10.2. The Hall–Kier alpha value is -0.790. The minimum absolute atomic E-state index is 0.557. The molecule has 1 heterocycles. The fourth-order valence-corrected chi connectivity index (χ4v) is 3.48. The van der Waals surface area contributed by atoms with Crippen molar-refractivity contribution in [3.63, 3.8) is 0 Å². The quantitative estimate of drug-likeness (QED) is 0.293. The van der Waals surface area contributed by atoms with Gasteiger partial charge in [-0.25, -0.2) is 9.13 Å². The van der Waals surface area contributed by atoms with Crippen LogP contribution in [0.2, 0.25) is 0 Å². The van der Waals surface area contributed by atoms with E-state index < -0.39 is 0 Å². The minimum Gasteiger partial charge on any atom is -0.234 e. The molecule has 0 unspecified atom stereocenters. The maximum atomic E-state index is 2.48. The predicted octanol–water partition coefficient (Wildman–Crippen LogP) is 6.40. The Bertz CT molecular complexity index is 404. The van der Waals surface area contributed by atoms with Gasteiger partial charge in [-0.2, -0.15) is 0 Å². The molecule has 0 N–H and O–H groups in total. The number of hydrogen-bond donors (Lipinski definition) is 0. The van der Waals surface area contributed by atoms with Crippen molar-refractivity contribution in [3.8, 4) is 0 Å². The van der Waals surface area contributed by atoms with Crippen LogP contribution in [0, 0.1) is 0 Å². The van der Waals surface area contributed by atoms with Crippen molar-refractivity contribution in [2.45, 2.75) is 117 Å². The maximum absolute atomic E-state index is 2.48. The van der Waals surface area contributed by atoms with Gasteiger partial charge in [0.2, 0.25) is 0 Å². The normalized spacial score (nSPS) is 11.8. The molecule has 0 aliphatic carbocycles. The van der Waals surface area contributed by atoms with Gasteiger partial charge in [-0.1, -0.05) is 72.1 Å². The predicted molar refractivity (Wildman–Crippen MR) is 101 cm³/mol. The van der Waals surface area contributed by atoms with Gasteiger partial charge >= 0.3 is 0 Å². The molecule has 1 aromatic rings. The molecular weight excluding hydrogens is 280 g/mol. The van der Waals surface area contributed by atoms with Crippen LogP contribution in [-0.2, 0) is 6.54 Å². The van der Waals surface area contributed by atoms with Crippen LogP contribution in [0.5, 0.6) is 0 Å². The molecule has 0 saturated carbocycles. The van der Waals surface area contributed by atoms with Crippen LogP contribution in [0.15, 0.2) is 12.4 Å². The van der Waals surface area contributed by atoms with Gasteiger partial charge in [0, 0.05) is 0 Å². The van der Waals surface area contributed by atoms with E-state index in [0.29, 0.717) is 12.0 Å². The molecule has 0 saturated heterocycles. The molecule has 0 amide bonds. The van der Waals surface area contributed by atoms with Crippen LogP contribution in [0.4, 0.5) is 0 Å². The second kappa shape index (κ2) is 11.7. The van der Waals surface area contributed by atoms with E-state index in [2.05, 4.69) is 56.1 Å². The fourth-order valence-electron chi connectivity index (χ4n) is 3.48. The summed E-state index contributed by atoms with van der Waals surface area (Å²) >= 11 is 0. The van der Waals surface area contributed by atoms with Gasteiger partial charge in [-0.15, -0.1) is 0 Å². The van der Waals surface area contributed by atoms with Crippen molar-refractivity contribution in [1.29, 1.82) is 0 Å². The van der Waals surface area contributed by atoms with Crippen molar-refractivity contribution >= 4 is 0 Å². The van der Waals surface area contributed by atoms with Gasteiger partial charge < -0.3 is 0 Å². The van der Waals surface area contributed by atoms with E-state index in [-0.39, 0.29) is 0 Å². The number of unbranched alkanes of at least 4 members (excludes halogenated alkanes) is 9. The molecule has 1 aromatic heterocycles. The highest BCUT2D eigenvalue weighted by molar-refractivity contribution is 4.91. The van der Waals surface area contributed by atoms with Crippen LogP contribution in [0.25, 0.3) is 0 Å². The standard InChI is InChI=1S/C21H41N2/c1-6-7-8-9-10-11-12-13-14-15-16-22-17-18-23(20(4)5)21(22)19(2)3/h17-20H,6-16H2,1-5H3/q+1. The molecule has 0 fully saturated rings. The van der Waals surface area contributed by atoms with Gasteiger partial charge in [-0.05, 0) is 26.7 Å². The summed E-state index contributed by atoms with van der Waals surface area (Å²) in [5.74, 6) is 2.08. The molecule has 0 aliphatic heterocycles. The first kappa shape index (κ1) is 20.3. The molecule has 0 atom stereocenters. The highest BCUT2D eigenvalue weighted by atomic mass is 15.2. The lowest BCUT2D eigenvalue weighted by Gasteiger charge is -2.10. The minimum atomic E-state index is 0.557. The van der Waals surface area contributed by atoms with Gasteiger partial charge in [0.25, 0.3) is 5.82 Å². The summed E-state index contributed by atoms with van der Waals surface area (Å²) in [6.45, 7) is 12.6. The number of nitrogens with zero attached hydrogens (tertiary/aromatic N) is 2. The topological polar surface area (TPSA) is 8.81 Å². The second-order valence-corrected chi connectivity index (χ2v) is 7.69. The van der Waals surface area contributed by atoms with Crippen molar-refractivity contribution in [3.05, 3.63) is 18.2 Å². The van der Waals surface area contributed by atoms with Gasteiger partial charge in [-0.3, -0.25) is 0 Å². The summed E-state index contributed by atoms with van der Waals surface area (Å²) in [7, 11) is 0. The van der Waals surface area contributed by atoms with Gasteiger partial charge in [0.15, 0.2) is 0 Å². The number of aromatic nitrogens is 2. The Morgan fingerprint density at radius 2 is 1.35 bits per heavy atom. The van der Waals surface area contributed by atoms with E-state index in [9.17, 15) is 0 Å². The summed E-state index contributed by atoms with van der Waals surface area (Å²) in [6, 6.07) is 0.557. The molecule has 2 heteroatoms. The number of imidazole rings is 1. The molecule has 134 valence electrons. The zero-order valence-electron chi connectivity index (χ0n) is 16.5. The van der Waals surface area contributed by atoms with Crippen molar-refractivity contribution < 1.29 is 4.57 Å². The first-order chi connectivity index (χ1) is 11.1. The molecule has 0 spiro atoms. The fraction of sp³-hybridized carbons (Fsp3) is 0.857. The van der Waals surface area contributed by atoms with Crippen LogP contribution in [-0.4, -0.2) is 4.57 Å². The SMILES string of the molecule is CCCCCCCCCCCC[n+]1ccn(C(C)C)c1C(C)C. The summed E-state index contributed by atoms with van der Waals surface area (Å²) in [4.78, 5) is 0. The van der Waals surface area contributed by atoms with Gasteiger partial charge in [0.1, 0.15) is 12.4 Å². The summed E-state index contributed by atoms with van der Waals surface area (Å²) in [5.41, 5.74) is 0. The molecule has 0 aliphatic rings. The summed E-state index contributed by atoms with van der Waals surface area (Å²) in [5, 5.41) is 0. The van der Waals surface area contributed by atoms with E-state index >= 15 is 0 Å². The Balaban J connectivity index is 2.19. The Morgan fingerprint density at radius 1 is 0.826 bits per heavy atom. The maximum Gasteiger partial charge on any atom is 0.259 e. The Kier molecular flexibility index (Phi) is 10.3. The highest BCUT2D eigenvalue weighted by Crippen LogP contribution is 2.16. The largest absolute Gasteiger partial charge is 0.259 e. The molecule has 2 nitrogen and oxygen atoms in total. The first-order valence-electron chi connectivity index (χ1n) is 10.2. The zero-order valence-corrected chi connectivity index (χ0v) is 16.5. The van der Waals surface area contributed by atoms with Crippen molar-refractivity contribution in [1.82, 2.24) is 4.57 Å². The third-order valence-electron chi connectivity index (χ3n) is 4.79. The zero-order chi connectivity index (χ0) is 17.1. The summed E-state index contributed by atoms with van der Waals surface area (Å²) < 4.78 is 4.91. The molecular formula is C21H41N2+. The molecule has 0 bridgehead atoms. The van der Waals surface area contributed by atoms with E-state index in [1.807, 2.05) is 0 Å². The van der Waals surface area contributed by atoms with Crippen molar-refractivity contribution in [2.75, 3.05) is 0 Å². The van der Waals surface area contributed by atoms with Gasteiger partial charge in [0.05, 0.1) is 18.5 Å². The lowest BCUT2D eigenvalue weighted by Crippen LogP contribution is -2.38. The van der Waals surface area contributed by atoms with Crippen LogP contribution < -0.4 is 4.57 Å². The van der Waals surface area contributed by atoms with E-state index in [1.54, 1.807) is 0 Å². The van der Waals surface area contributed by atoms with E-state index in [1.165, 1.54) is 76.6 Å². The number of rotatable bonds is 13. The average molecular weight is 322 g/mol. The summed E-state index contributed by atoms with van der Waals surface area (Å²) in [6.07, 6.45) is 18.6.